The predicted octanol–water partition coefficient (Wildman–Crippen LogP) is 4.59. The van der Waals surface area contributed by atoms with Crippen LogP contribution in [0.25, 0.3) is 0 Å². The highest BCUT2D eigenvalue weighted by molar-refractivity contribution is 7.10. The van der Waals surface area contributed by atoms with Crippen LogP contribution in [-0.4, -0.2) is 23.5 Å². The highest BCUT2D eigenvalue weighted by Crippen LogP contribution is 2.53. The van der Waals surface area contributed by atoms with Gasteiger partial charge >= 0.3 is 6.03 Å². The summed E-state index contributed by atoms with van der Waals surface area (Å²) >= 11 is 1.85. The molecule has 1 aliphatic heterocycles. The molecule has 0 aromatic carbocycles. The quantitative estimate of drug-likeness (QED) is 0.836. The minimum absolute atomic E-state index is 0.205. The molecule has 4 aliphatic carbocycles. The maximum absolute atomic E-state index is 13.1. The molecule has 4 fully saturated rings. The molecule has 130 valence electrons. The van der Waals surface area contributed by atoms with Crippen LogP contribution in [0.1, 0.15) is 61.9 Å². The van der Waals surface area contributed by atoms with Gasteiger partial charge in [0.2, 0.25) is 0 Å². The lowest BCUT2D eigenvalue weighted by molar-refractivity contribution is -0.0117. The summed E-state index contributed by atoms with van der Waals surface area (Å²) in [4.78, 5) is 16.7. The number of nitrogens with one attached hydrogen (secondary N) is 1. The van der Waals surface area contributed by atoms with Gasteiger partial charge < -0.3 is 10.2 Å². The van der Waals surface area contributed by atoms with Gasteiger partial charge in [-0.25, -0.2) is 4.79 Å². The van der Waals surface area contributed by atoms with Crippen molar-refractivity contribution in [3.05, 3.63) is 21.9 Å². The molecule has 4 saturated carbocycles. The molecule has 2 heterocycles. The number of carbonyl (C=O) groups excluding carboxylic acids is 1. The van der Waals surface area contributed by atoms with E-state index in [-0.39, 0.29) is 12.1 Å². The summed E-state index contributed by atoms with van der Waals surface area (Å²) in [5, 5.41) is 5.70. The van der Waals surface area contributed by atoms with Crippen LogP contribution in [0.2, 0.25) is 0 Å². The molecule has 1 N–H and O–H groups in total. The van der Waals surface area contributed by atoms with Crippen molar-refractivity contribution in [3.8, 4) is 0 Å². The molecule has 24 heavy (non-hydrogen) atoms. The molecule has 5 aliphatic rings. The average Bonchev–Trinajstić information content (AvgIpc) is 3.05. The highest BCUT2D eigenvalue weighted by Gasteiger charge is 2.49. The van der Waals surface area contributed by atoms with Crippen LogP contribution < -0.4 is 5.32 Å². The van der Waals surface area contributed by atoms with E-state index in [1.54, 1.807) is 0 Å². The first kappa shape index (κ1) is 15.2. The van der Waals surface area contributed by atoms with E-state index in [1.165, 1.54) is 42.5 Å². The van der Waals surface area contributed by atoms with Crippen LogP contribution in [0, 0.1) is 23.7 Å². The van der Waals surface area contributed by atoms with Crippen molar-refractivity contribution in [2.45, 2.75) is 64.0 Å². The van der Waals surface area contributed by atoms with E-state index >= 15 is 0 Å². The van der Waals surface area contributed by atoms with Crippen molar-refractivity contribution in [1.82, 2.24) is 10.2 Å². The summed E-state index contributed by atoms with van der Waals surface area (Å²) in [6, 6.07) is 3.16. The van der Waals surface area contributed by atoms with E-state index in [0.717, 1.165) is 43.1 Å². The van der Waals surface area contributed by atoms with Crippen LogP contribution in [0.3, 0.4) is 0 Å². The number of thiophene rings is 1. The Bertz CT molecular complexity index is 611. The molecule has 0 saturated heterocycles. The maximum atomic E-state index is 13.1. The number of rotatable bonds is 2. The minimum atomic E-state index is 0.205. The number of urea groups is 1. The Morgan fingerprint density at radius 1 is 1.21 bits per heavy atom. The summed E-state index contributed by atoms with van der Waals surface area (Å²) in [6.07, 6.45) is 8.97. The topological polar surface area (TPSA) is 32.3 Å². The molecule has 3 nitrogen and oxygen atoms in total. The average molecular weight is 345 g/mol. The van der Waals surface area contributed by atoms with E-state index < -0.39 is 0 Å². The Labute approximate surface area is 148 Å². The largest absolute Gasteiger partial charge is 0.335 e. The van der Waals surface area contributed by atoms with Crippen LogP contribution >= 0.6 is 11.3 Å². The maximum Gasteiger partial charge on any atom is 0.318 e. The molecular formula is C20H28N2OS. The highest BCUT2D eigenvalue weighted by atomic mass is 32.1. The second-order valence-electron chi connectivity index (χ2n) is 8.57. The molecule has 2 amide bonds. The van der Waals surface area contributed by atoms with Crippen molar-refractivity contribution in [1.29, 1.82) is 0 Å². The second kappa shape index (κ2) is 5.76. The zero-order valence-corrected chi connectivity index (χ0v) is 15.4. The third-order valence-electron chi connectivity index (χ3n) is 7.26. The molecule has 1 unspecified atom stereocenters. The summed E-state index contributed by atoms with van der Waals surface area (Å²) in [5.41, 5.74) is 1.40. The van der Waals surface area contributed by atoms with Gasteiger partial charge in [-0.05, 0) is 85.6 Å². The van der Waals surface area contributed by atoms with Crippen LogP contribution in [-0.2, 0) is 6.42 Å². The lowest BCUT2D eigenvalue weighted by Gasteiger charge is -2.54. The van der Waals surface area contributed by atoms with Crippen LogP contribution in [0.5, 0.6) is 0 Å². The van der Waals surface area contributed by atoms with E-state index in [0.29, 0.717) is 6.04 Å². The lowest BCUT2D eigenvalue weighted by atomic mass is 9.54. The molecular weight excluding hydrogens is 316 g/mol. The number of amides is 2. The molecule has 1 aromatic rings. The van der Waals surface area contributed by atoms with Gasteiger partial charge in [0.25, 0.3) is 0 Å². The number of hydrogen-bond acceptors (Lipinski definition) is 2. The monoisotopic (exact) mass is 344 g/mol. The summed E-state index contributed by atoms with van der Waals surface area (Å²) in [6.45, 7) is 3.09. The number of carbonyl (C=O) groups is 1. The second-order valence-corrected chi connectivity index (χ2v) is 9.57. The van der Waals surface area contributed by atoms with Crippen molar-refractivity contribution in [2.75, 3.05) is 6.54 Å². The fourth-order valence-electron chi connectivity index (χ4n) is 6.47. The molecule has 4 bridgehead atoms. The van der Waals surface area contributed by atoms with Crippen LogP contribution in [0.4, 0.5) is 4.79 Å². The van der Waals surface area contributed by atoms with E-state index in [4.69, 9.17) is 0 Å². The van der Waals surface area contributed by atoms with E-state index in [9.17, 15) is 4.79 Å². The predicted molar refractivity (Wildman–Crippen MR) is 97.1 cm³/mol. The Hall–Kier alpha value is -1.03. The van der Waals surface area contributed by atoms with Gasteiger partial charge in [-0.15, -0.1) is 11.3 Å². The van der Waals surface area contributed by atoms with Crippen molar-refractivity contribution < 1.29 is 4.79 Å². The fourth-order valence-corrected chi connectivity index (χ4v) is 7.39. The molecule has 0 spiro atoms. The summed E-state index contributed by atoms with van der Waals surface area (Å²) in [7, 11) is 0. The van der Waals surface area contributed by atoms with Crippen molar-refractivity contribution in [3.63, 3.8) is 0 Å². The Morgan fingerprint density at radius 2 is 1.92 bits per heavy atom. The van der Waals surface area contributed by atoms with Gasteiger partial charge in [0, 0.05) is 17.5 Å². The van der Waals surface area contributed by atoms with Crippen LogP contribution in [0.15, 0.2) is 11.4 Å². The van der Waals surface area contributed by atoms with E-state index in [2.05, 4.69) is 28.6 Å². The third-order valence-corrected chi connectivity index (χ3v) is 8.26. The molecule has 1 atom stereocenters. The third kappa shape index (κ3) is 2.33. The SMILES string of the molecule is CCC1c2ccsc2CCN1C(=O)NC1C2CC3CC(C2)CC1C3. The Morgan fingerprint density at radius 3 is 2.58 bits per heavy atom. The normalized spacial score (nSPS) is 39.8. The van der Waals surface area contributed by atoms with Gasteiger partial charge in [-0.2, -0.15) is 0 Å². The Balaban J connectivity index is 1.32. The molecule has 6 rings (SSSR count). The molecule has 1 aromatic heterocycles. The van der Waals surface area contributed by atoms with Crippen molar-refractivity contribution in [2.24, 2.45) is 23.7 Å². The molecule has 0 radical (unpaired) electrons. The number of nitrogens with zero attached hydrogens (tertiary/aromatic N) is 1. The van der Waals surface area contributed by atoms with Gasteiger partial charge in [0.05, 0.1) is 6.04 Å². The number of fused-ring (bicyclic) bond motifs is 1. The zero-order valence-electron chi connectivity index (χ0n) is 14.5. The first-order chi connectivity index (χ1) is 11.7. The standard InChI is InChI=1S/C20H28N2OS/c1-2-17-16-4-6-24-18(16)3-5-22(17)20(23)21-19-14-8-12-7-13(10-14)11-15(19)9-12/h4,6,12-15,17,19H,2-3,5,7-11H2,1H3,(H,21,23). The first-order valence-electron chi connectivity index (χ1n) is 9.86. The van der Waals surface area contributed by atoms with Crippen molar-refractivity contribution >= 4 is 17.4 Å². The minimum Gasteiger partial charge on any atom is -0.335 e. The van der Waals surface area contributed by atoms with E-state index in [1.807, 2.05) is 11.3 Å². The lowest BCUT2D eigenvalue weighted by Crippen LogP contribution is -2.58. The van der Waals surface area contributed by atoms with Gasteiger partial charge in [-0.1, -0.05) is 6.92 Å². The summed E-state index contributed by atoms with van der Waals surface area (Å²) in [5.74, 6) is 3.44. The van der Waals surface area contributed by atoms with Gasteiger partial charge in [-0.3, -0.25) is 0 Å². The zero-order chi connectivity index (χ0) is 16.3. The number of hydrogen-bond donors (Lipinski definition) is 1. The Kier molecular flexibility index (Phi) is 3.66. The summed E-state index contributed by atoms with van der Waals surface area (Å²) < 4.78 is 0. The molecule has 4 heteroatoms. The first-order valence-corrected chi connectivity index (χ1v) is 10.7. The fraction of sp³-hybridized carbons (Fsp3) is 0.750. The smallest absolute Gasteiger partial charge is 0.318 e. The van der Waals surface area contributed by atoms with Gasteiger partial charge in [0.15, 0.2) is 0 Å². The van der Waals surface area contributed by atoms with Gasteiger partial charge in [0.1, 0.15) is 0 Å².